The van der Waals surface area contributed by atoms with E-state index in [9.17, 15) is 4.79 Å². The zero-order valence-electron chi connectivity index (χ0n) is 14.9. The number of hydrogen-bond donors (Lipinski definition) is 0. The third kappa shape index (κ3) is 3.60. The Hall–Kier alpha value is -2.17. The molecular formula is C20H26N4O. The number of amides is 1. The molecule has 2 aromatic rings. The summed E-state index contributed by atoms with van der Waals surface area (Å²) in [5.74, 6) is 3.01. The lowest BCUT2D eigenvalue weighted by Gasteiger charge is -2.16. The molecule has 1 aromatic carbocycles. The van der Waals surface area contributed by atoms with E-state index in [1.807, 2.05) is 27.8 Å². The number of nitrogens with zero attached hydrogens (tertiary/aromatic N) is 4. The zero-order chi connectivity index (χ0) is 17.2. The van der Waals surface area contributed by atoms with Gasteiger partial charge in [0, 0.05) is 31.3 Å². The number of benzene rings is 1. The van der Waals surface area contributed by atoms with Crippen molar-refractivity contribution in [2.75, 3.05) is 6.54 Å². The smallest absolute Gasteiger partial charge is 0.223 e. The van der Waals surface area contributed by atoms with Crippen LogP contribution in [0.25, 0.3) is 0 Å². The molecule has 1 atom stereocenters. The summed E-state index contributed by atoms with van der Waals surface area (Å²) < 4.78 is 2.04. The maximum atomic E-state index is 12.5. The van der Waals surface area contributed by atoms with E-state index in [0.717, 1.165) is 37.6 Å². The molecule has 132 valence electrons. The summed E-state index contributed by atoms with van der Waals surface area (Å²) in [4.78, 5) is 19.2. The Balaban J connectivity index is 1.48. The summed E-state index contributed by atoms with van der Waals surface area (Å²) in [7, 11) is 0. The van der Waals surface area contributed by atoms with Gasteiger partial charge < -0.3 is 4.90 Å². The molecule has 1 saturated heterocycles. The quantitative estimate of drug-likeness (QED) is 0.777. The Morgan fingerprint density at radius 1 is 1.16 bits per heavy atom. The molecule has 1 aliphatic heterocycles. The van der Waals surface area contributed by atoms with E-state index < -0.39 is 0 Å². The molecule has 0 spiro atoms. The molecule has 5 nitrogen and oxygen atoms in total. The molecule has 5 heteroatoms. The van der Waals surface area contributed by atoms with Crippen molar-refractivity contribution in [1.29, 1.82) is 0 Å². The van der Waals surface area contributed by atoms with Gasteiger partial charge in [-0.3, -0.25) is 4.79 Å². The highest BCUT2D eigenvalue weighted by Gasteiger charge is 2.33. The van der Waals surface area contributed by atoms with Crippen LogP contribution in [0.3, 0.4) is 0 Å². The van der Waals surface area contributed by atoms with Crippen molar-refractivity contribution in [2.45, 2.75) is 64.0 Å². The van der Waals surface area contributed by atoms with Crippen molar-refractivity contribution in [1.82, 2.24) is 19.7 Å². The lowest BCUT2D eigenvalue weighted by atomic mass is 9.99. The molecule has 0 bridgehead atoms. The fourth-order valence-electron chi connectivity index (χ4n) is 3.56. The highest BCUT2D eigenvalue weighted by atomic mass is 16.2. The first-order chi connectivity index (χ1) is 12.2. The summed E-state index contributed by atoms with van der Waals surface area (Å²) in [6.07, 6.45) is 5.24. The number of aromatic nitrogens is 3. The van der Waals surface area contributed by atoms with Gasteiger partial charge in [-0.1, -0.05) is 43.7 Å². The Bertz CT molecular complexity index is 735. The Morgan fingerprint density at radius 2 is 1.96 bits per heavy atom. The summed E-state index contributed by atoms with van der Waals surface area (Å²) in [5.41, 5.74) is 1.25. The Kier molecular flexibility index (Phi) is 4.55. The van der Waals surface area contributed by atoms with E-state index >= 15 is 0 Å². The van der Waals surface area contributed by atoms with Crippen LogP contribution in [0.1, 0.15) is 68.1 Å². The van der Waals surface area contributed by atoms with E-state index in [1.54, 1.807) is 0 Å². The monoisotopic (exact) mass is 338 g/mol. The van der Waals surface area contributed by atoms with Crippen LogP contribution in [-0.2, 0) is 17.9 Å². The molecule has 1 aliphatic carbocycles. The normalized spacial score (nSPS) is 20.4. The van der Waals surface area contributed by atoms with Crippen LogP contribution in [0.4, 0.5) is 0 Å². The number of carbonyl (C=O) groups excluding carboxylic acids is 1. The van der Waals surface area contributed by atoms with Gasteiger partial charge >= 0.3 is 0 Å². The first-order valence-corrected chi connectivity index (χ1v) is 9.51. The fourth-order valence-corrected chi connectivity index (χ4v) is 3.56. The van der Waals surface area contributed by atoms with Gasteiger partial charge in [-0.2, -0.15) is 5.10 Å². The summed E-state index contributed by atoms with van der Waals surface area (Å²) in [6.45, 7) is 4.45. The van der Waals surface area contributed by atoms with Crippen molar-refractivity contribution < 1.29 is 4.79 Å². The van der Waals surface area contributed by atoms with Crippen LogP contribution in [0.5, 0.6) is 0 Å². The molecule has 0 N–H and O–H groups in total. The lowest BCUT2D eigenvalue weighted by molar-refractivity contribution is -0.128. The van der Waals surface area contributed by atoms with Gasteiger partial charge in [-0.15, -0.1) is 0 Å². The van der Waals surface area contributed by atoms with Gasteiger partial charge in [0.1, 0.15) is 5.82 Å². The summed E-state index contributed by atoms with van der Waals surface area (Å²) in [5, 5.41) is 4.72. The third-order valence-electron chi connectivity index (χ3n) is 5.25. The molecule has 2 heterocycles. The van der Waals surface area contributed by atoms with Crippen LogP contribution in [0, 0.1) is 0 Å². The number of carbonyl (C=O) groups is 1. The predicted octanol–water partition coefficient (Wildman–Crippen LogP) is 3.47. The molecule has 0 radical (unpaired) electrons. The zero-order valence-corrected chi connectivity index (χ0v) is 14.9. The van der Waals surface area contributed by atoms with Crippen molar-refractivity contribution in [2.24, 2.45) is 0 Å². The first kappa shape index (κ1) is 16.3. The summed E-state index contributed by atoms with van der Waals surface area (Å²) >= 11 is 0. The van der Waals surface area contributed by atoms with E-state index in [1.165, 1.54) is 18.4 Å². The van der Waals surface area contributed by atoms with Gasteiger partial charge in [-0.05, 0) is 24.8 Å². The van der Waals surface area contributed by atoms with Crippen LogP contribution >= 0.6 is 0 Å². The standard InChI is InChI=1S/C20H26N4O/c1-2-3-11-24-18(21-20(22-24)16-9-10-16)14-23-13-17(12-19(23)25)15-7-5-4-6-8-15/h4-8,16-17H,2-3,9-14H2,1H3/t17-/m0/s1. The molecule has 2 aliphatic rings. The summed E-state index contributed by atoms with van der Waals surface area (Å²) in [6, 6.07) is 10.4. The molecule has 25 heavy (non-hydrogen) atoms. The average Bonchev–Trinajstić information content (AvgIpc) is 3.32. The Morgan fingerprint density at radius 3 is 2.68 bits per heavy atom. The Labute approximate surface area is 149 Å². The number of hydrogen-bond acceptors (Lipinski definition) is 3. The minimum absolute atomic E-state index is 0.229. The van der Waals surface area contributed by atoms with Gasteiger partial charge in [0.25, 0.3) is 0 Å². The minimum atomic E-state index is 0.229. The van der Waals surface area contributed by atoms with Gasteiger partial charge in [-0.25, -0.2) is 9.67 Å². The number of rotatable bonds is 7. The SMILES string of the molecule is CCCCn1nc(C2CC2)nc1CN1C[C@@H](c2ccccc2)CC1=O. The van der Waals surface area contributed by atoms with E-state index in [-0.39, 0.29) is 5.91 Å². The molecule has 2 fully saturated rings. The van der Waals surface area contributed by atoms with Crippen molar-refractivity contribution in [3.63, 3.8) is 0 Å². The predicted molar refractivity (Wildman–Crippen MR) is 96.1 cm³/mol. The highest BCUT2D eigenvalue weighted by Crippen LogP contribution is 2.38. The van der Waals surface area contributed by atoms with Crippen LogP contribution in [-0.4, -0.2) is 32.1 Å². The molecule has 4 rings (SSSR count). The van der Waals surface area contributed by atoms with Crippen molar-refractivity contribution in [3.05, 3.63) is 47.5 Å². The molecule has 1 saturated carbocycles. The highest BCUT2D eigenvalue weighted by molar-refractivity contribution is 5.79. The average molecular weight is 338 g/mol. The third-order valence-corrected chi connectivity index (χ3v) is 5.25. The molecule has 1 amide bonds. The molecule has 0 unspecified atom stereocenters. The topological polar surface area (TPSA) is 51.0 Å². The molecule has 1 aromatic heterocycles. The largest absolute Gasteiger partial charge is 0.335 e. The second kappa shape index (κ2) is 6.98. The number of unbranched alkanes of at least 4 members (excludes halogenated alkanes) is 1. The maximum absolute atomic E-state index is 12.5. The van der Waals surface area contributed by atoms with Gasteiger partial charge in [0.2, 0.25) is 5.91 Å². The fraction of sp³-hybridized carbons (Fsp3) is 0.550. The lowest BCUT2D eigenvalue weighted by Crippen LogP contribution is -2.26. The van der Waals surface area contributed by atoms with E-state index in [4.69, 9.17) is 10.1 Å². The second-order valence-corrected chi connectivity index (χ2v) is 7.32. The number of likely N-dealkylation sites (tertiary alicyclic amines) is 1. The number of aryl methyl sites for hydroxylation is 1. The first-order valence-electron chi connectivity index (χ1n) is 9.51. The van der Waals surface area contributed by atoms with E-state index in [0.29, 0.717) is 24.8 Å². The van der Waals surface area contributed by atoms with Gasteiger partial charge in [0.05, 0.1) is 6.54 Å². The van der Waals surface area contributed by atoms with Crippen molar-refractivity contribution >= 4 is 5.91 Å². The van der Waals surface area contributed by atoms with Gasteiger partial charge in [0.15, 0.2) is 5.82 Å². The minimum Gasteiger partial charge on any atom is -0.335 e. The van der Waals surface area contributed by atoms with Crippen molar-refractivity contribution in [3.8, 4) is 0 Å². The van der Waals surface area contributed by atoms with Crippen LogP contribution in [0.15, 0.2) is 30.3 Å². The van der Waals surface area contributed by atoms with Crippen LogP contribution < -0.4 is 0 Å². The maximum Gasteiger partial charge on any atom is 0.223 e. The molecular weight excluding hydrogens is 312 g/mol. The van der Waals surface area contributed by atoms with E-state index in [2.05, 4.69) is 19.1 Å². The second-order valence-electron chi connectivity index (χ2n) is 7.32. The van der Waals surface area contributed by atoms with Crippen LogP contribution in [0.2, 0.25) is 0 Å².